The lowest BCUT2D eigenvalue weighted by Gasteiger charge is -2.34. The molecule has 0 aliphatic heterocycles. The van der Waals surface area contributed by atoms with Crippen LogP contribution in [0.2, 0.25) is 0 Å². The largest absolute Gasteiger partial charge is 0.103 e. The molecule has 0 aromatic rings. The fourth-order valence-corrected chi connectivity index (χ4v) is 1.83. The van der Waals surface area contributed by atoms with Gasteiger partial charge in [-0.15, -0.1) is 6.58 Å². The Morgan fingerprint density at radius 2 is 2.00 bits per heavy atom. The molecule has 0 N–H and O–H groups in total. The zero-order valence-electron chi connectivity index (χ0n) is 7.14. The third-order valence-electron chi connectivity index (χ3n) is 2.74. The SMILES string of the molecule is C=CC(C(C)C)C1CCC1. The molecular formula is C10H18. The van der Waals surface area contributed by atoms with Gasteiger partial charge < -0.3 is 0 Å². The Balaban J connectivity index is 2.38. The highest BCUT2D eigenvalue weighted by Gasteiger charge is 2.26. The summed E-state index contributed by atoms with van der Waals surface area (Å²) in [6, 6.07) is 0. The standard InChI is InChI=1S/C10H18/c1-4-10(8(2)3)9-6-5-7-9/h4,8-10H,1,5-7H2,2-3H3. The van der Waals surface area contributed by atoms with Crippen molar-refractivity contribution in [1.82, 2.24) is 0 Å². The van der Waals surface area contributed by atoms with Crippen LogP contribution in [-0.2, 0) is 0 Å². The molecule has 1 unspecified atom stereocenters. The molecule has 1 aliphatic carbocycles. The van der Waals surface area contributed by atoms with Gasteiger partial charge in [-0.1, -0.05) is 26.3 Å². The van der Waals surface area contributed by atoms with Gasteiger partial charge in [0.2, 0.25) is 0 Å². The third-order valence-corrected chi connectivity index (χ3v) is 2.74. The highest BCUT2D eigenvalue weighted by Crippen LogP contribution is 2.37. The summed E-state index contributed by atoms with van der Waals surface area (Å²) < 4.78 is 0. The highest BCUT2D eigenvalue weighted by molar-refractivity contribution is 4.90. The van der Waals surface area contributed by atoms with E-state index < -0.39 is 0 Å². The van der Waals surface area contributed by atoms with E-state index in [0.29, 0.717) is 0 Å². The Labute approximate surface area is 64.3 Å². The first kappa shape index (κ1) is 7.84. The summed E-state index contributed by atoms with van der Waals surface area (Å²) in [6.45, 7) is 8.48. The van der Waals surface area contributed by atoms with Gasteiger partial charge in [-0.25, -0.2) is 0 Å². The van der Waals surface area contributed by atoms with E-state index in [-0.39, 0.29) is 0 Å². The average Bonchev–Trinajstić information content (AvgIpc) is 1.76. The Bertz CT molecular complexity index is 109. The van der Waals surface area contributed by atoms with E-state index in [0.717, 1.165) is 17.8 Å². The van der Waals surface area contributed by atoms with Crippen LogP contribution in [0.15, 0.2) is 12.7 Å². The molecule has 0 heterocycles. The average molecular weight is 138 g/mol. The van der Waals surface area contributed by atoms with Crippen LogP contribution in [0.4, 0.5) is 0 Å². The van der Waals surface area contributed by atoms with Gasteiger partial charge in [0, 0.05) is 0 Å². The summed E-state index contributed by atoms with van der Waals surface area (Å²) >= 11 is 0. The molecule has 0 radical (unpaired) electrons. The minimum absolute atomic E-state index is 0.786. The van der Waals surface area contributed by atoms with Crippen LogP contribution >= 0.6 is 0 Å². The van der Waals surface area contributed by atoms with Gasteiger partial charge in [0.1, 0.15) is 0 Å². The molecule has 0 saturated heterocycles. The Hall–Kier alpha value is -0.260. The predicted molar refractivity (Wildman–Crippen MR) is 45.9 cm³/mol. The number of hydrogen-bond acceptors (Lipinski definition) is 0. The van der Waals surface area contributed by atoms with Crippen LogP contribution in [0.25, 0.3) is 0 Å². The minimum Gasteiger partial charge on any atom is -0.103 e. The highest BCUT2D eigenvalue weighted by atomic mass is 14.3. The molecular weight excluding hydrogens is 120 g/mol. The molecule has 0 spiro atoms. The van der Waals surface area contributed by atoms with Crippen molar-refractivity contribution in [2.45, 2.75) is 33.1 Å². The second-order valence-corrected chi connectivity index (χ2v) is 3.75. The van der Waals surface area contributed by atoms with Crippen molar-refractivity contribution in [2.24, 2.45) is 17.8 Å². The van der Waals surface area contributed by atoms with E-state index in [1.807, 2.05) is 0 Å². The summed E-state index contributed by atoms with van der Waals surface area (Å²) in [5.41, 5.74) is 0. The summed E-state index contributed by atoms with van der Waals surface area (Å²) in [6.07, 6.45) is 6.47. The van der Waals surface area contributed by atoms with Gasteiger partial charge in [-0.05, 0) is 30.6 Å². The number of allylic oxidation sites excluding steroid dienone is 1. The minimum atomic E-state index is 0.786. The molecule has 1 aliphatic rings. The van der Waals surface area contributed by atoms with Crippen LogP contribution in [0.5, 0.6) is 0 Å². The van der Waals surface area contributed by atoms with Crippen LogP contribution in [0.1, 0.15) is 33.1 Å². The van der Waals surface area contributed by atoms with Gasteiger partial charge in [-0.3, -0.25) is 0 Å². The Morgan fingerprint density at radius 1 is 1.40 bits per heavy atom. The van der Waals surface area contributed by atoms with Crippen molar-refractivity contribution in [3.8, 4) is 0 Å². The summed E-state index contributed by atoms with van der Waals surface area (Å²) in [5.74, 6) is 2.55. The van der Waals surface area contributed by atoms with Gasteiger partial charge in [0.25, 0.3) is 0 Å². The van der Waals surface area contributed by atoms with Crippen LogP contribution in [0, 0.1) is 17.8 Å². The topological polar surface area (TPSA) is 0 Å². The Kier molecular flexibility index (Phi) is 2.53. The molecule has 58 valence electrons. The smallest absolute Gasteiger partial charge is 0.0185 e. The molecule has 0 amide bonds. The predicted octanol–water partition coefficient (Wildman–Crippen LogP) is 3.24. The van der Waals surface area contributed by atoms with Crippen LogP contribution in [0.3, 0.4) is 0 Å². The van der Waals surface area contributed by atoms with Crippen molar-refractivity contribution < 1.29 is 0 Å². The van der Waals surface area contributed by atoms with Gasteiger partial charge >= 0.3 is 0 Å². The molecule has 0 nitrogen and oxygen atoms in total. The quantitative estimate of drug-likeness (QED) is 0.525. The first-order valence-electron chi connectivity index (χ1n) is 4.38. The van der Waals surface area contributed by atoms with Crippen molar-refractivity contribution in [3.05, 3.63) is 12.7 Å². The Morgan fingerprint density at radius 3 is 2.10 bits per heavy atom. The fraction of sp³-hybridized carbons (Fsp3) is 0.800. The van der Waals surface area contributed by atoms with Crippen LogP contribution < -0.4 is 0 Å². The normalized spacial score (nSPS) is 22.3. The van der Waals surface area contributed by atoms with E-state index in [9.17, 15) is 0 Å². The van der Waals surface area contributed by atoms with E-state index in [1.165, 1.54) is 19.3 Å². The second kappa shape index (κ2) is 3.23. The van der Waals surface area contributed by atoms with Gasteiger partial charge in [0.15, 0.2) is 0 Å². The van der Waals surface area contributed by atoms with Crippen molar-refractivity contribution in [1.29, 1.82) is 0 Å². The second-order valence-electron chi connectivity index (χ2n) is 3.75. The van der Waals surface area contributed by atoms with Crippen molar-refractivity contribution in [2.75, 3.05) is 0 Å². The first-order valence-corrected chi connectivity index (χ1v) is 4.38. The summed E-state index contributed by atoms with van der Waals surface area (Å²) in [4.78, 5) is 0. The first-order chi connectivity index (χ1) is 4.75. The molecule has 1 saturated carbocycles. The molecule has 10 heavy (non-hydrogen) atoms. The monoisotopic (exact) mass is 138 g/mol. The lowest BCUT2D eigenvalue weighted by molar-refractivity contribution is 0.200. The number of rotatable bonds is 3. The third kappa shape index (κ3) is 1.42. The molecule has 0 heteroatoms. The zero-order valence-corrected chi connectivity index (χ0v) is 7.14. The maximum Gasteiger partial charge on any atom is -0.0185 e. The lowest BCUT2D eigenvalue weighted by atomic mass is 9.71. The number of hydrogen-bond donors (Lipinski definition) is 0. The van der Waals surface area contributed by atoms with E-state index in [4.69, 9.17) is 0 Å². The van der Waals surface area contributed by atoms with Crippen LogP contribution in [-0.4, -0.2) is 0 Å². The van der Waals surface area contributed by atoms with E-state index in [1.54, 1.807) is 0 Å². The molecule has 0 aromatic carbocycles. The molecule has 0 bridgehead atoms. The molecule has 1 rings (SSSR count). The fourth-order valence-electron chi connectivity index (χ4n) is 1.83. The van der Waals surface area contributed by atoms with Gasteiger partial charge in [0.05, 0.1) is 0 Å². The van der Waals surface area contributed by atoms with Gasteiger partial charge in [-0.2, -0.15) is 0 Å². The van der Waals surface area contributed by atoms with Crippen molar-refractivity contribution in [3.63, 3.8) is 0 Å². The molecule has 1 atom stereocenters. The maximum atomic E-state index is 3.89. The molecule has 1 fully saturated rings. The maximum absolute atomic E-state index is 3.89. The van der Waals surface area contributed by atoms with E-state index in [2.05, 4.69) is 26.5 Å². The summed E-state index contributed by atoms with van der Waals surface area (Å²) in [7, 11) is 0. The van der Waals surface area contributed by atoms with E-state index >= 15 is 0 Å². The molecule has 0 aromatic heterocycles. The van der Waals surface area contributed by atoms with Crippen molar-refractivity contribution >= 4 is 0 Å². The lowest BCUT2D eigenvalue weighted by Crippen LogP contribution is -2.24. The summed E-state index contributed by atoms with van der Waals surface area (Å²) in [5, 5.41) is 0. The zero-order chi connectivity index (χ0) is 7.56.